The number of aryl methyl sites for hydroxylation is 1. The molecule has 0 unspecified atom stereocenters. The SMILES string of the molecule is C#CCCCCCOC(=O)c1ccccc1C. The summed E-state index contributed by atoms with van der Waals surface area (Å²) in [6, 6.07) is 7.45. The Bertz CT molecular complexity index is 402. The van der Waals surface area contributed by atoms with Gasteiger partial charge >= 0.3 is 5.97 Å². The van der Waals surface area contributed by atoms with Gasteiger partial charge in [0.05, 0.1) is 12.2 Å². The van der Waals surface area contributed by atoms with Crippen LogP contribution in [0, 0.1) is 19.3 Å². The second-order valence-corrected chi connectivity index (χ2v) is 3.97. The molecule has 0 bridgehead atoms. The molecule has 0 saturated heterocycles. The summed E-state index contributed by atoms with van der Waals surface area (Å²) >= 11 is 0. The molecule has 0 N–H and O–H groups in total. The summed E-state index contributed by atoms with van der Waals surface area (Å²) in [6.45, 7) is 2.38. The number of esters is 1. The van der Waals surface area contributed by atoms with E-state index >= 15 is 0 Å². The Morgan fingerprint density at radius 2 is 2.06 bits per heavy atom. The molecule has 0 aliphatic heterocycles. The van der Waals surface area contributed by atoms with Crippen LogP contribution in [0.25, 0.3) is 0 Å². The number of unbranched alkanes of at least 4 members (excludes halogenated alkanes) is 3. The Morgan fingerprint density at radius 3 is 2.76 bits per heavy atom. The summed E-state index contributed by atoms with van der Waals surface area (Å²) in [6.07, 6.45) is 8.82. The number of ether oxygens (including phenoxy) is 1. The molecule has 90 valence electrons. The Balaban J connectivity index is 2.27. The standard InChI is InChI=1S/C15H18O2/c1-3-4-5-6-9-12-17-15(16)14-11-8-7-10-13(14)2/h1,7-8,10-11H,4-6,9,12H2,2H3. The first kappa shape index (κ1) is 13.3. The van der Waals surface area contributed by atoms with E-state index in [9.17, 15) is 4.79 Å². The van der Waals surface area contributed by atoms with Crippen molar-refractivity contribution in [3.8, 4) is 12.3 Å². The fourth-order valence-electron chi connectivity index (χ4n) is 1.55. The highest BCUT2D eigenvalue weighted by Gasteiger charge is 2.08. The highest BCUT2D eigenvalue weighted by atomic mass is 16.5. The molecular weight excluding hydrogens is 212 g/mol. The van der Waals surface area contributed by atoms with Crippen molar-refractivity contribution >= 4 is 5.97 Å². The van der Waals surface area contributed by atoms with E-state index in [0.717, 1.165) is 31.2 Å². The average molecular weight is 230 g/mol. The number of benzene rings is 1. The molecule has 0 amide bonds. The van der Waals surface area contributed by atoms with Gasteiger partial charge in [0.1, 0.15) is 0 Å². The van der Waals surface area contributed by atoms with Gasteiger partial charge in [0.25, 0.3) is 0 Å². The maximum atomic E-state index is 11.7. The van der Waals surface area contributed by atoms with Crippen LogP contribution in [0.5, 0.6) is 0 Å². The first-order valence-electron chi connectivity index (χ1n) is 5.92. The molecular formula is C15H18O2. The van der Waals surface area contributed by atoms with Gasteiger partial charge in [-0.1, -0.05) is 18.2 Å². The lowest BCUT2D eigenvalue weighted by atomic mass is 10.1. The van der Waals surface area contributed by atoms with Gasteiger partial charge in [-0.05, 0) is 37.8 Å². The van der Waals surface area contributed by atoms with Crippen LogP contribution in [0.4, 0.5) is 0 Å². The molecule has 0 spiro atoms. The largest absolute Gasteiger partial charge is 0.462 e. The number of carbonyl (C=O) groups is 1. The van der Waals surface area contributed by atoms with E-state index in [1.165, 1.54) is 0 Å². The molecule has 0 aliphatic rings. The van der Waals surface area contributed by atoms with E-state index in [2.05, 4.69) is 5.92 Å². The lowest BCUT2D eigenvalue weighted by Gasteiger charge is -2.06. The fourth-order valence-corrected chi connectivity index (χ4v) is 1.55. The molecule has 1 aromatic carbocycles. The van der Waals surface area contributed by atoms with Crippen molar-refractivity contribution in [2.75, 3.05) is 6.61 Å². The van der Waals surface area contributed by atoms with E-state index in [0.29, 0.717) is 12.2 Å². The van der Waals surface area contributed by atoms with Gasteiger partial charge < -0.3 is 4.74 Å². The van der Waals surface area contributed by atoms with Gasteiger partial charge in [0.2, 0.25) is 0 Å². The van der Waals surface area contributed by atoms with Crippen LogP contribution in [-0.2, 0) is 4.74 Å². The molecule has 0 aromatic heterocycles. The van der Waals surface area contributed by atoms with E-state index < -0.39 is 0 Å². The van der Waals surface area contributed by atoms with Gasteiger partial charge in [0, 0.05) is 6.42 Å². The van der Waals surface area contributed by atoms with Crippen molar-refractivity contribution in [3.63, 3.8) is 0 Å². The molecule has 2 nitrogen and oxygen atoms in total. The molecule has 0 atom stereocenters. The molecule has 1 rings (SSSR count). The minimum Gasteiger partial charge on any atom is -0.462 e. The van der Waals surface area contributed by atoms with Crippen LogP contribution in [0.1, 0.15) is 41.6 Å². The summed E-state index contributed by atoms with van der Waals surface area (Å²) in [4.78, 5) is 11.7. The molecule has 0 aliphatic carbocycles. The normalized spacial score (nSPS) is 9.65. The van der Waals surface area contributed by atoms with Gasteiger partial charge in [0.15, 0.2) is 0 Å². The molecule has 0 heterocycles. The van der Waals surface area contributed by atoms with Crippen LogP contribution in [0.3, 0.4) is 0 Å². The number of carbonyl (C=O) groups excluding carboxylic acids is 1. The molecule has 1 aromatic rings. The van der Waals surface area contributed by atoms with E-state index in [1.54, 1.807) is 6.07 Å². The zero-order valence-corrected chi connectivity index (χ0v) is 10.2. The van der Waals surface area contributed by atoms with Gasteiger partial charge in [-0.3, -0.25) is 0 Å². The van der Waals surface area contributed by atoms with Gasteiger partial charge in [-0.25, -0.2) is 4.79 Å². The molecule has 17 heavy (non-hydrogen) atoms. The minimum atomic E-state index is -0.236. The Kier molecular flexibility index (Phi) is 5.88. The van der Waals surface area contributed by atoms with Crippen molar-refractivity contribution < 1.29 is 9.53 Å². The van der Waals surface area contributed by atoms with Crippen molar-refractivity contribution in [1.82, 2.24) is 0 Å². The zero-order valence-electron chi connectivity index (χ0n) is 10.2. The second-order valence-electron chi connectivity index (χ2n) is 3.97. The molecule has 0 fully saturated rings. The lowest BCUT2D eigenvalue weighted by molar-refractivity contribution is 0.0497. The lowest BCUT2D eigenvalue weighted by Crippen LogP contribution is -2.07. The maximum Gasteiger partial charge on any atom is 0.338 e. The third kappa shape index (κ3) is 4.74. The summed E-state index contributed by atoms with van der Waals surface area (Å²) < 4.78 is 5.20. The van der Waals surface area contributed by atoms with Crippen molar-refractivity contribution in [2.45, 2.75) is 32.6 Å². The summed E-state index contributed by atoms with van der Waals surface area (Å²) in [5.74, 6) is 2.36. The Hall–Kier alpha value is -1.75. The average Bonchev–Trinajstić information content (AvgIpc) is 2.34. The van der Waals surface area contributed by atoms with E-state index in [4.69, 9.17) is 11.2 Å². The fraction of sp³-hybridized carbons (Fsp3) is 0.400. The molecule has 0 radical (unpaired) electrons. The minimum absolute atomic E-state index is 0.236. The third-order valence-electron chi connectivity index (χ3n) is 2.56. The van der Waals surface area contributed by atoms with Crippen molar-refractivity contribution in [2.24, 2.45) is 0 Å². The van der Waals surface area contributed by atoms with Crippen LogP contribution >= 0.6 is 0 Å². The summed E-state index contributed by atoms with van der Waals surface area (Å²) in [7, 11) is 0. The predicted molar refractivity (Wildman–Crippen MR) is 68.8 cm³/mol. The predicted octanol–water partition coefficient (Wildman–Crippen LogP) is 3.35. The van der Waals surface area contributed by atoms with Crippen LogP contribution in [0.15, 0.2) is 24.3 Å². The van der Waals surface area contributed by atoms with Crippen LogP contribution < -0.4 is 0 Å². The number of hydrogen-bond donors (Lipinski definition) is 0. The molecule has 2 heteroatoms. The van der Waals surface area contributed by atoms with Crippen molar-refractivity contribution in [3.05, 3.63) is 35.4 Å². The molecule has 0 saturated carbocycles. The van der Waals surface area contributed by atoms with Crippen LogP contribution in [0.2, 0.25) is 0 Å². The van der Waals surface area contributed by atoms with Crippen molar-refractivity contribution in [1.29, 1.82) is 0 Å². The maximum absolute atomic E-state index is 11.7. The van der Waals surface area contributed by atoms with Gasteiger partial charge in [-0.2, -0.15) is 0 Å². The zero-order chi connectivity index (χ0) is 12.5. The summed E-state index contributed by atoms with van der Waals surface area (Å²) in [5.41, 5.74) is 1.60. The monoisotopic (exact) mass is 230 g/mol. The summed E-state index contributed by atoms with van der Waals surface area (Å²) in [5, 5.41) is 0. The number of hydrogen-bond acceptors (Lipinski definition) is 2. The second kappa shape index (κ2) is 7.51. The first-order chi connectivity index (χ1) is 8.25. The quantitative estimate of drug-likeness (QED) is 0.425. The number of terminal acetylenes is 1. The van der Waals surface area contributed by atoms with E-state index in [1.807, 2.05) is 25.1 Å². The topological polar surface area (TPSA) is 26.3 Å². The van der Waals surface area contributed by atoms with Crippen LogP contribution in [-0.4, -0.2) is 12.6 Å². The van der Waals surface area contributed by atoms with Gasteiger partial charge in [-0.15, -0.1) is 12.3 Å². The first-order valence-corrected chi connectivity index (χ1v) is 5.92. The number of rotatable bonds is 6. The smallest absolute Gasteiger partial charge is 0.338 e. The third-order valence-corrected chi connectivity index (χ3v) is 2.56. The Labute approximate surface area is 103 Å². The highest BCUT2D eigenvalue weighted by Crippen LogP contribution is 2.09. The Morgan fingerprint density at radius 1 is 1.29 bits per heavy atom. The van der Waals surface area contributed by atoms with E-state index in [-0.39, 0.29) is 5.97 Å². The highest BCUT2D eigenvalue weighted by molar-refractivity contribution is 5.90.